The van der Waals surface area contributed by atoms with Gasteiger partial charge in [-0.1, -0.05) is 34.1 Å². The summed E-state index contributed by atoms with van der Waals surface area (Å²) in [7, 11) is -3.78. The molecule has 1 aromatic heterocycles. The lowest BCUT2D eigenvalue weighted by Crippen LogP contribution is -2.13. The van der Waals surface area contributed by atoms with Crippen LogP contribution in [0.1, 0.15) is 5.56 Å². The van der Waals surface area contributed by atoms with Gasteiger partial charge in [0.15, 0.2) is 0 Å². The zero-order chi connectivity index (χ0) is 17.2. The van der Waals surface area contributed by atoms with E-state index in [4.69, 9.17) is 0 Å². The minimum Gasteiger partial charge on any atom is -0.278 e. The van der Waals surface area contributed by atoms with Crippen LogP contribution >= 0.6 is 27.3 Å². The molecule has 1 heterocycles. The number of thiophene rings is 1. The van der Waals surface area contributed by atoms with Crippen molar-refractivity contribution in [3.8, 4) is 16.5 Å². The lowest BCUT2D eigenvalue weighted by molar-refractivity contribution is 0.601. The summed E-state index contributed by atoms with van der Waals surface area (Å²) >= 11 is 4.81. The summed E-state index contributed by atoms with van der Waals surface area (Å²) in [6.45, 7) is 0. The second kappa shape index (κ2) is 6.77. The summed E-state index contributed by atoms with van der Waals surface area (Å²) < 4.78 is 28.5. The maximum atomic E-state index is 12.6. The molecule has 0 saturated carbocycles. The molecule has 0 aliphatic rings. The molecule has 0 aliphatic carbocycles. The van der Waals surface area contributed by atoms with Gasteiger partial charge in [0.25, 0.3) is 10.0 Å². The van der Waals surface area contributed by atoms with Crippen LogP contribution < -0.4 is 4.72 Å². The standard InChI is InChI=1S/C17H11BrN2O2S2/c18-14-6-7-16(13(9-14)11-19)20-24(21,22)15-4-1-3-12(10-15)17-5-2-8-23-17/h1-10,20H. The molecule has 0 radical (unpaired) electrons. The van der Waals surface area contributed by atoms with Gasteiger partial charge >= 0.3 is 0 Å². The van der Waals surface area contributed by atoms with Gasteiger partial charge in [-0.2, -0.15) is 5.26 Å². The molecule has 1 N–H and O–H groups in total. The molecule has 2 aromatic carbocycles. The molecule has 0 saturated heterocycles. The van der Waals surface area contributed by atoms with Crippen LogP contribution in [0.4, 0.5) is 5.69 Å². The first-order valence-corrected chi connectivity index (χ1v) is 10.0. The van der Waals surface area contributed by atoms with Crippen LogP contribution in [0.3, 0.4) is 0 Å². The third kappa shape index (κ3) is 3.51. The zero-order valence-electron chi connectivity index (χ0n) is 12.2. The van der Waals surface area contributed by atoms with Crippen LogP contribution in [0.15, 0.2) is 69.3 Å². The lowest BCUT2D eigenvalue weighted by Gasteiger charge is -2.10. The Balaban J connectivity index is 1.98. The van der Waals surface area contributed by atoms with E-state index in [1.807, 2.05) is 29.6 Å². The van der Waals surface area contributed by atoms with Gasteiger partial charge in [0, 0.05) is 9.35 Å². The molecular formula is C17H11BrN2O2S2. The van der Waals surface area contributed by atoms with Gasteiger partial charge in [0.05, 0.1) is 16.1 Å². The topological polar surface area (TPSA) is 70.0 Å². The molecule has 24 heavy (non-hydrogen) atoms. The van der Waals surface area contributed by atoms with Crippen molar-refractivity contribution in [2.45, 2.75) is 4.90 Å². The molecule has 0 amide bonds. The summed E-state index contributed by atoms with van der Waals surface area (Å²) in [4.78, 5) is 1.15. The SMILES string of the molecule is N#Cc1cc(Br)ccc1NS(=O)(=O)c1cccc(-c2cccs2)c1. The zero-order valence-corrected chi connectivity index (χ0v) is 15.5. The van der Waals surface area contributed by atoms with Gasteiger partial charge < -0.3 is 0 Å². The Morgan fingerprint density at radius 3 is 2.62 bits per heavy atom. The molecule has 7 heteroatoms. The van der Waals surface area contributed by atoms with Crippen LogP contribution in [0.25, 0.3) is 10.4 Å². The fourth-order valence-electron chi connectivity index (χ4n) is 2.16. The minimum absolute atomic E-state index is 0.153. The highest BCUT2D eigenvalue weighted by molar-refractivity contribution is 9.10. The summed E-state index contributed by atoms with van der Waals surface area (Å²) in [6, 6.07) is 17.4. The summed E-state index contributed by atoms with van der Waals surface area (Å²) in [6.07, 6.45) is 0. The number of rotatable bonds is 4. The maximum Gasteiger partial charge on any atom is 0.261 e. The van der Waals surface area contributed by atoms with Crippen molar-refractivity contribution in [3.05, 3.63) is 70.0 Å². The van der Waals surface area contributed by atoms with Crippen molar-refractivity contribution in [3.63, 3.8) is 0 Å². The molecule has 0 fully saturated rings. The molecule has 4 nitrogen and oxygen atoms in total. The Morgan fingerprint density at radius 2 is 1.92 bits per heavy atom. The van der Waals surface area contributed by atoms with E-state index in [0.717, 1.165) is 10.4 Å². The second-order valence-corrected chi connectivity index (χ2v) is 8.46. The van der Waals surface area contributed by atoms with E-state index in [0.29, 0.717) is 4.47 Å². The second-order valence-electron chi connectivity index (χ2n) is 4.91. The van der Waals surface area contributed by atoms with E-state index in [9.17, 15) is 13.7 Å². The maximum absolute atomic E-state index is 12.6. The number of halogens is 1. The highest BCUT2D eigenvalue weighted by Gasteiger charge is 2.17. The summed E-state index contributed by atoms with van der Waals surface area (Å²) in [5.41, 5.74) is 1.34. The molecule has 3 rings (SSSR count). The number of sulfonamides is 1. The van der Waals surface area contributed by atoms with E-state index in [-0.39, 0.29) is 16.1 Å². The fraction of sp³-hybridized carbons (Fsp3) is 0. The van der Waals surface area contributed by atoms with Crippen LogP contribution in [-0.2, 0) is 10.0 Å². The third-order valence-corrected chi connectivity index (χ3v) is 6.07. The lowest BCUT2D eigenvalue weighted by atomic mass is 10.2. The van der Waals surface area contributed by atoms with Gasteiger partial charge in [-0.25, -0.2) is 8.42 Å². The van der Waals surface area contributed by atoms with E-state index in [2.05, 4.69) is 20.7 Å². The minimum atomic E-state index is -3.78. The van der Waals surface area contributed by atoms with Crippen LogP contribution in [0.5, 0.6) is 0 Å². The van der Waals surface area contributed by atoms with Crippen molar-refractivity contribution in [2.75, 3.05) is 4.72 Å². The van der Waals surface area contributed by atoms with Crippen molar-refractivity contribution >= 4 is 43.0 Å². The van der Waals surface area contributed by atoms with Gasteiger partial charge in [0.2, 0.25) is 0 Å². The Hall–Kier alpha value is -2.14. The van der Waals surface area contributed by atoms with E-state index >= 15 is 0 Å². The number of nitrogens with one attached hydrogen (secondary N) is 1. The molecule has 0 bridgehead atoms. The van der Waals surface area contributed by atoms with Gasteiger partial charge in [-0.15, -0.1) is 11.3 Å². The van der Waals surface area contributed by atoms with Crippen molar-refractivity contribution in [2.24, 2.45) is 0 Å². The number of nitrogens with zero attached hydrogens (tertiary/aromatic N) is 1. The predicted octanol–water partition coefficient (Wildman–Crippen LogP) is 4.85. The van der Waals surface area contributed by atoms with Crippen LogP contribution in [0.2, 0.25) is 0 Å². The average Bonchev–Trinajstić information content (AvgIpc) is 3.11. The van der Waals surface area contributed by atoms with Crippen LogP contribution in [0, 0.1) is 11.3 Å². The van der Waals surface area contributed by atoms with Crippen molar-refractivity contribution in [1.82, 2.24) is 0 Å². The first-order valence-electron chi connectivity index (χ1n) is 6.86. The van der Waals surface area contributed by atoms with Gasteiger partial charge in [-0.3, -0.25) is 4.72 Å². The summed E-state index contributed by atoms with van der Waals surface area (Å²) in [5, 5.41) is 11.1. The number of hydrogen-bond acceptors (Lipinski definition) is 4. The highest BCUT2D eigenvalue weighted by Crippen LogP contribution is 2.28. The molecule has 0 atom stereocenters. The Kier molecular flexibility index (Phi) is 4.71. The molecular weight excluding hydrogens is 408 g/mol. The Labute approximate surface area is 152 Å². The number of benzene rings is 2. The molecule has 3 aromatic rings. The molecule has 0 spiro atoms. The number of hydrogen-bond donors (Lipinski definition) is 1. The smallest absolute Gasteiger partial charge is 0.261 e. The Bertz CT molecular complexity index is 1020. The van der Waals surface area contributed by atoms with E-state index in [1.165, 1.54) is 6.07 Å². The molecule has 0 aliphatic heterocycles. The monoisotopic (exact) mass is 418 g/mol. The van der Waals surface area contributed by atoms with Crippen molar-refractivity contribution < 1.29 is 8.42 Å². The van der Waals surface area contributed by atoms with Crippen molar-refractivity contribution in [1.29, 1.82) is 5.26 Å². The fourth-order valence-corrected chi connectivity index (χ4v) is 4.37. The first kappa shape index (κ1) is 16.7. The molecule has 120 valence electrons. The van der Waals surface area contributed by atoms with E-state index in [1.54, 1.807) is 41.7 Å². The van der Waals surface area contributed by atoms with Gasteiger partial charge in [0.1, 0.15) is 6.07 Å². The predicted molar refractivity (Wildman–Crippen MR) is 99.4 cm³/mol. The first-order chi connectivity index (χ1) is 11.5. The number of anilines is 1. The van der Waals surface area contributed by atoms with Crippen LogP contribution in [-0.4, -0.2) is 8.42 Å². The normalized spacial score (nSPS) is 11.0. The molecule has 0 unspecified atom stereocenters. The van der Waals surface area contributed by atoms with E-state index < -0.39 is 10.0 Å². The number of nitriles is 1. The third-order valence-electron chi connectivity index (χ3n) is 3.30. The summed E-state index contributed by atoms with van der Waals surface area (Å²) in [5.74, 6) is 0. The van der Waals surface area contributed by atoms with Gasteiger partial charge in [-0.05, 0) is 47.3 Å². The highest BCUT2D eigenvalue weighted by atomic mass is 79.9. The largest absolute Gasteiger partial charge is 0.278 e. The Morgan fingerprint density at radius 1 is 1.08 bits per heavy atom. The average molecular weight is 419 g/mol. The quantitative estimate of drug-likeness (QED) is 0.657.